The molecule has 0 aliphatic carbocycles. The Kier molecular flexibility index (Phi) is 21.5. The quantitative estimate of drug-likeness (QED) is 0.387. The summed E-state index contributed by atoms with van der Waals surface area (Å²) in [6.07, 6.45) is 0. The first kappa shape index (κ1) is 28.5. The van der Waals surface area contributed by atoms with Crippen molar-refractivity contribution in [1.82, 2.24) is 9.80 Å². The van der Waals surface area contributed by atoms with Gasteiger partial charge in [-0.25, -0.2) is 0 Å². The zero-order valence-corrected chi connectivity index (χ0v) is 17.8. The summed E-state index contributed by atoms with van der Waals surface area (Å²) < 4.78 is 0. The number of hydrogen-bond acceptors (Lipinski definition) is 2. The molecule has 0 aliphatic rings. The Hall–Kier alpha value is 1.40. The number of rotatable bonds is 7. The molecule has 0 unspecified atom stereocenters. The van der Waals surface area contributed by atoms with E-state index in [9.17, 15) is 0 Å². The van der Waals surface area contributed by atoms with Crippen LogP contribution in [0.3, 0.4) is 0 Å². The Morgan fingerprint density at radius 2 is 0.684 bits per heavy atom. The van der Waals surface area contributed by atoms with E-state index in [1.165, 1.54) is 13.1 Å². The third-order valence-electron chi connectivity index (χ3n) is 3.27. The van der Waals surface area contributed by atoms with Crippen molar-refractivity contribution >= 4 is 0 Å². The van der Waals surface area contributed by atoms with Gasteiger partial charge >= 0.3 is 17.1 Å². The molecule has 123 valence electrons. The second-order valence-corrected chi connectivity index (χ2v) is 5.85. The topological polar surface area (TPSA) is 6.48 Å². The molecule has 0 N–H and O–H groups in total. The maximum absolute atomic E-state index is 2.57. The number of hydrogen-bond donors (Lipinski definition) is 0. The Morgan fingerprint density at radius 1 is 0.526 bits per heavy atom. The molecule has 2 nitrogen and oxygen atoms in total. The summed E-state index contributed by atoms with van der Waals surface area (Å²) in [5.74, 6) is 0. The van der Waals surface area contributed by atoms with Crippen molar-refractivity contribution in [2.45, 2.75) is 79.6 Å². The molecule has 0 spiro atoms. The average Bonchev–Trinajstić information content (AvgIpc) is 2.09. The fourth-order valence-corrected chi connectivity index (χ4v) is 2.46. The predicted octanol–water partition coefficient (Wildman–Crippen LogP) is -2.77. The molecule has 0 aliphatic heterocycles. The minimum absolute atomic E-state index is 0. The van der Waals surface area contributed by atoms with Gasteiger partial charge < -0.3 is 34.0 Å². The Bertz CT molecular complexity index is 152. The van der Waals surface area contributed by atoms with Crippen molar-refractivity contribution in [2.24, 2.45) is 0 Å². The molecular formula is C14H32Br2CuN2. The zero-order chi connectivity index (χ0) is 12.9. The van der Waals surface area contributed by atoms with Crippen LogP contribution < -0.4 is 34.0 Å². The number of halogens is 2. The molecule has 0 aromatic heterocycles. The van der Waals surface area contributed by atoms with E-state index in [1.54, 1.807) is 0 Å². The van der Waals surface area contributed by atoms with Crippen LogP contribution in [0.5, 0.6) is 0 Å². The van der Waals surface area contributed by atoms with Gasteiger partial charge in [0.15, 0.2) is 0 Å². The van der Waals surface area contributed by atoms with Crippen molar-refractivity contribution in [3.63, 3.8) is 0 Å². The molecule has 0 heterocycles. The van der Waals surface area contributed by atoms with Crippen molar-refractivity contribution < 1.29 is 51.0 Å². The maximum atomic E-state index is 2.57. The van der Waals surface area contributed by atoms with E-state index in [4.69, 9.17) is 0 Å². The first-order valence-corrected chi connectivity index (χ1v) is 6.78. The molecule has 0 amide bonds. The fraction of sp³-hybridized carbons (Fsp3) is 1.00. The zero-order valence-electron chi connectivity index (χ0n) is 13.7. The third-order valence-corrected chi connectivity index (χ3v) is 3.27. The summed E-state index contributed by atoms with van der Waals surface area (Å²) >= 11 is 0. The molecule has 5 heteroatoms. The Balaban J connectivity index is -0.000000375. The minimum Gasteiger partial charge on any atom is -1.00 e. The van der Waals surface area contributed by atoms with Crippen molar-refractivity contribution in [1.29, 1.82) is 0 Å². The van der Waals surface area contributed by atoms with E-state index in [0.717, 1.165) is 0 Å². The van der Waals surface area contributed by atoms with Crippen molar-refractivity contribution in [2.75, 3.05) is 13.1 Å². The summed E-state index contributed by atoms with van der Waals surface area (Å²) in [5.41, 5.74) is 0. The van der Waals surface area contributed by atoms with E-state index in [2.05, 4.69) is 65.2 Å². The van der Waals surface area contributed by atoms with Gasteiger partial charge in [0.2, 0.25) is 0 Å². The third kappa shape index (κ3) is 11.7. The van der Waals surface area contributed by atoms with Crippen molar-refractivity contribution in [3.8, 4) is 0 Å². The van der Waals surface area contributed by atoms with Crippen LogP contribution in [-0.2, 0) is 17.1 Å². The SMILES string of the molecule is CC(C)N(CCN(C(C)C)C(C)C)C(C)C.[Br-].[Br-].[Cu+2]. The van der Waals surface area contributed by atoms with Crippen LogP contribution in [0.1, 0.15) is 55.4 Å². The van der Waals surface area contributed by atoms with Crippen LogP contribution >= 0.6 is 0 Å². The first-order valence-electron chi connectivity index (χ1n) is 6.78. The van der Waals surface area contributed by atoms with Crippen LogP contribution in [0.2, 0.25) is 0 Å². The van der Waals surface area contributed by atoms with E-state index in [0.29, 0.717) is 24.2 Å². The minimum atomic E-state index is 0. The van der Waals surface area contributed by atoms with Gasteiger partial charge in [-0.3, -0.25) is 9.80 Å². The standard InChI is InChI=1S/C14H32N2.2BrH.Cu/c1-11(2)15(12(3)4)9-10-16(13(5)6)14(7)8;;;/h11-14H,9-10H2,1-8H3;2*1H;/q;;;+2/p-2. The molecular weight excluding hydrogens is 420 g/mol. The van der Waals surface area contributed by atoms with E-state index in [1.807, 2.05) is 0 Å². The van der Waals surface area contributed by atoms with Gasteiger partial charge in [-0.1, -0.05) is 0 Å². The molecule has 0 atom stereocenters. The van der Waals surface area contributed by atoms with Crippen LogP contribution in [0, 0.1) is 0 Å². The molecule has 0 aromatic rings. The van der Waals surface area contributed by atoms with E-state index >= 15 is 0 Å². The molecule has 0 aromatic carbocycles. The summed E-state index contributed by atoms with van der Waals surface area (Å²) in [7, 11) is 0. The second-order valence-electron chi connectivity index (χ2n) is 5.85. The first-order chi connectivity index (χ1) is 7.27. The number of nitrogens with zero attached hydrogens (tertiary/aromatic N) is 2. The van der Waals surface area contributed by atoms with Gasteiger partial charge in [0.1, 0.15) is 0 Å². The summed E-state index contributed by atoms with van der Waals surface area (Å²) in [6, 6.07) is 2.56. The van der Waals surface area contributed by atoms with Crippen LogP contribution in [0.4, 0.5) is 0 Å². The molecule has 0 saturated carbocycles. The second kappa shape index (κ2) is 14.3. The molecule has 0 bridgehead atoms. The normalized spacial score (nSPS) is 11.1. The monoisotopic (exact) mass is 449 g/mol. The summed E-state index contributed by atoms with van der Waals surface area (Å²) in [4.78, 5) is 5.13. The van der Waals surface area contributed by atoms with E-state index in [-0.39, 0.29) is 51.0 Å². The van der Waals surface area contributed by atoms with Gasteiger partial charge in [0.05, 0.1) is 0 Å². The average molecular weight is 452 g/mol. The van der Waals surface area contributed by atoms with Gasteiger partial charge in [-0.05, 0) is 55.4 Å². The van der Waals surface area contributed by atoms with Crippen molar-refractivity contribution in [3.05, 3.63) is 0 Å². The maximum Gasteiger partial charge on any atom is 2.00 e. The molecule has 1 radical (unpaired) electrons. The van der Waals surface area contributed by atoms with E-state index < -0.39 is 0 Å². The Morgan fingerprint density at radius 3 is 0.789 bits per heavy atom. The fourth-order valence-electron chi connectivity index (χ4n) is 2.46. The van der Waals surface area contributed by atoms with Gasteiger partial charge in [-0.15, -0.1) is 0 Å². The molecule has 0 rings (SSSR count). The summed E-state index contributed by atoms with van der Waals surface area (Å²) in [6.45, 7) is 20.6. The van der Waals surface area contributed by atoms with Gasteiger partial charge in [0.25, 0.3) is 0 Å². The molecule has 0 saturated heterocycles. The predicted molar refractivity (Wildman–Crippen MR) is 74.0 cm³/mol. The van der Waals surface area contributed by atoms with Crippen LogP contribution in [0.15, 0.2) is 0 Å². The smallest absolute Gasteiger partial charge is 1.00 e. The van der Waals surface area contributed by atoms with Crippen LogP contribution in [0.25, 0.3) is 0 Å². The molecule has 0 fully saturated rings. The van der Waals surface area contributed by atoms with Gasteiger partial charge in [0, 0.05) is 37.3 Å². The largest absolute Gasteiger partial charge is 2.00 e. The molecule has 19 heavy (non-hydrogen) atoms. The van der Waals surface area contributed by atoms with Crippen LogP contribution in [-0.4, -0.2) is 47.1 Å². The Labute approximate surface area is 153 Å². The van der Waals surface area contributed by atoms with Gasteiger partial charge in [-0.2, -0.15) is 0 Å². The summed E-state index contributed by atoms with van der Waals surface area (Å²) in [5, 5.41) is 0.